The van der Waals surface area contributed by atoms with Gasteiger partial charge in [-0.25, -0.2) is 4.79 Å². The van der Waals surface area contributed by atoms with Gasteiger partial charge in [0.15, 0.2) is 6.61 Å². The van der Waals surface area contributed by atoms with Crippen LogP contribution in [0.25, 0.3) is 0 Å². The Hall–Kier alpha value is -2.82. The average Bonchev–Trinajstić information content (AvgIpc) is 2.60. The largest absolute Gasteiger partial charge is 0.452 e. The molecule has 2 N–H and O–H groups in total. The van der Waals surface area contributed by atoms with Crippen molar-refractivity contribution in [3.8, 4) is 0 Å². The molecule has 0 aromatic heterocycles. The summed E-state index contributed by atoms with van der Waals surface area (Å²) in [6.45, 7) is 1.69. The van der Waals surface area contributed by atoms with Gasteiger partial charge >= 0.3 is 5.97 Å². The number of para-hydroxylation sites is 2. The number of carbonyl (C=O) groups excluding carboxylic acids is 2. The van der Waals surface area contributed by atoms with Crippen molar-refractivity contribution in [3.05, 3.63) is 59.7 Å². The van der Waals surface area contributed by atoms with Crippen LogP contribution in [0.3, 0.4) is 0 Å². The smallest absolute Gasteiger partial charge is 0.340 e. The summed E-state index contributed by atoms with van der Waals surface area (Å²) < 4.78 is 5.09. The second-order valence-electron chi connectivity index (χ2n) is 4.93. The third kappa shape index (κ3) is 4.32. The summed E-state index contributed by atoms with van der Waals surface area (Å²) in [5.41, 5.74) is 2.84. The van der Waals surface area contributed by atoms with Crippen LogP contribution in [0, 0.1) is 0 Å². The van der Waals surface area contributed by atoms with Crippen molar-refractivity contribution < 1.29 is 14.3 Å². The third-order valence-electron chi connectivity index (χ3n) is 3.42. The molecule has 0 aliphatic rings. The highest BCUT2D eigenvalue weighted by Crippen LogP contribution is 2.16. The van der Waals surface area contributed by atoms with E-state index in [9.17, 15) is 9.59 Å². The van der Waals surface area contributed by atoms with Crippen molar-refractivity contribution >= 4 is 23.3 Å². The summed E-state index contributed by atoms with van der Waals surface area (Å²) in [6, 6.07) is 14.5. The summed E-state index contributed by atoms with van der Waals surface area (Å²) in [7, 11) is 1.72. The number of hydrogen-bond acceptors (Lipinski definition) is 4. The first-order valence-corrected chi connectivity index (χ1v) is 7.47. The summed E-state index contributed by atoms with van der Waals surface area (Å²) in [4.78, 5) is 24.0. The fourth-order valence-corrected chi connectivity index (χ4v) is 2.22. The zero-order chi connectivity index (χ0) is 16.7. The maximum absolute atomic E-state index is 12.1. The molecular weight excluding hydrogens is 292 g/mol. The van der Waals surface area contributed by atoms with Crippen molar-refractivity contribution in [3.63, 3.8) is 0 Å². The zero-order valence-corrected chi connectivity index (χ0v) is 13.3. The van der Waals surface area contributed by atoms with E-state index in [1.54, 1.807) is 25.2 Å². The van der Waals surface area contributed by atoms with Crippen LogP contribution in [0.15, 0.2) is 48.5 Å². The van der Waals surface area contributed by atoms with Gasteiger partial charge in [-0.3, -0.25) is 4.79 Å². The highest BCUT2D eigenvalue weighted by Gasteiger charge is 2.14. The van der Waals surface area contributed by atoms with Gasteiger partial charge in [-0.05, 0) is 30.2 Å². The Labute approximate surface area is 135 Å². The summed E-state index contributed by atoms with van der Waals surface area (Å²) >= 11 is 0. The van der Waals surface area contributed by atoms with Crippen LogP contribution in [0.2, 0.25) is 0 Å². The van der Waals surface area contributed by atoms with Crippen LogP contribution < -0.4 is 10.6 Å². The van der Waals surface area contributed by atoms with Crippen LogP contribution in [-0.4, -0.2) is 25.5 Å². The Kier molecular flexibility index (Phi) is 5.74. The first-order valence-electron chi connectivity index (χ1n) is 7.47. The molecule has 0 saturated heterocycles. The molecule has 2 aromatic carbocycles. The van der Waals surface area contributed by atoms with Gasteiger partial charge in [0.05, 0.1) is 5.56 Å². The third-order valence-corrected chi connectivity index (χ3v) is 3.42. The Bertz CT molecular complexity index is 698. The van der Waals surface area contributed by atoms with Gasteiger partial charge in [0.1, 0.15) is 0 Å². The molecule has 0 atom stereocenters. The molecule has 2 rings (SSSR count). The number of hydrogen-bond donors (Lipinski definition) is 2. The second kappa shape index (κ2) is 7.98. The number of esters is 1. The summed E-state index contributed by atoms with van der Waals surface area (Å²) in [5.74, 6) is -0.893. The zero-order valence-electron chi connectivity index (χ0n) is 13.3. The van der Waals surface area contributed by atoms with E-state index < -0.39 is 5.97 Å². The number of nitrogens with one attached hydrogen (secondary N) is 2. The summed E-state index contributed by atoms with van der Waals surface area (Å²) in [6.07, 6.45) is 0.811. The van der Waals surface area contributed by atoms with Gasteiger partial charge in [-0.2, -0.15) is 0 Å². The lowest BCUT2D eigenvalue weighted by Gasteiger charge is -2.11. The fourth-order valence-electron chi connectivity index (χ4n) is 2.22. The van der Waals surface area contributed by atoms with Crippen LogP contribution in [-0.2, 0) is 16.0 Å². The van der Waals surface area contributed by atoms with Crippen LogP contribution >= 0.6 is 0 Å². The highest BCUT2D eigenvalue weighted by atomic mass is 16.5. The molecule has 0 unspecified atom stereocenters. The molecule has 0 spiro atoms. The molecule has 5 nitrogen and oxygen atoms in total. The van der Waals surface area contributed by atoms with E-state index >= 15 is 0 Å². The lowest BCUT2D eigenvalue weighted by molar-refractivity contribution is -0.119. The van der Waals surface area contributed by atoms with Crippen molar-refractivity contribution in [1.82, 2.24) is 0 Å². The van der Waals surface area contributed by atoms with Gasteiger partial charge in [0.2, 0.25) is 0 Å². The van der Waals surface area contributed by atoms with Crippen molar-refractivity contribution in [2.24, 2.45) is 0 Å². The average molecular weight is 312 g/mol. The van der Waals surface area contributed by atoms with E-state index in [-0.39, 0.29) is 12.5 Å². The number of benzene rings is 2. The minimum atomic E-state index is -0.533. The minimum Gasteiger partial charge on any atom is -0.452 e. The summed E-state index contributed by atoms with van der Waals surface area (Å²) in [5, 5.41) is 5.68. The molecular formula is C18H20N2O3. The van der Waals surface area contributed by atoms with Crippen LogP contribution in [0.5, 0.6) is 0 Å². The minimum absolute atomic E-state index is 0.324. The predicted octanol–water partition coefficient (Wildman–Crippen LogP) is 3.09. The topological polar surface area (TPSA) is 67.4 Å². The van der Waals surface area contributed by atoms with Crippen molar-refractivity contribution in [2.45, 2.75) is 13.3 Å². The molecule has 1 amide bonds. The number of rotatable bonds is 6. The number of anilines is 2. The van der Waals surface area contributed by atoms with Gasteiger partial charge in [0, 0.05) is 18.4 Å². The standard InChI is InChI=1S/C18H20N2O3/c1-3-13-8-4-6-10-15(13)20-17(21)12-23-18(22)14-9-5-7-11-16(14)19-2/h4-11,19H,3,12H2,1-2H3,(H,20,21). The molecule has 0 bridgehead atoms. The van der Waals surface area contributed by atoms with Crippen LogP contribution in [0.4, 0.5) is 11.4 Å². The maximum atomic E-state index is 12.1. The second-order valence-corrected chi connectivity index (χ2v) is 4.93. The van der Waals surface area contributed by atoms with E-state index in [1.165, 1.54) is 0 Å². The number of ether oxygens (including phenoxy) is 1. The quantitative estimate of drug-likeness (QED) is 0.804. The Balaban J connectivity index is 1.95. The molecule has 0 saturated carbocycles. The highest BCUT2D eigenvalue weighted by molar-refractivity contribution is 5.98. The number of carbonyl (C=O) groups is 2. The molecule has 0 aliphatic heterocycles. The van der Waals surface area contributed by atoms with Gasteiger partial charge in [-0.1, -0.05) is 37.3 Å². The molecule has 120 valence electrons. The number of amides is 1. The Morgan fingerprint density at radius 2 is 1.65 bits per heavy atom. The number of aryl methyl sites for hydroxylation is 1. The van der Waals surface area contributed by atoms with Crippen molar-refractivity contribution in [2.75, 3.05) is 24.3 Å². The molecule has 5 heteroatoms. The SMILES string of the molecule is CCc1ccccc1NC(=O)COC(=O)c1ccccc1NC. The van der Waals surface area contributed by atoms with Crippen molar-refractivity contribution in [1.29, 1.82) is 0 Å². The lowest BCUT2D eigenvalue weighted by atomic mass is 10.1. The normalized spacial score (nSPS) is 10.0. The molecule has 0 aliphatic carbocycles. The van der Waals surface area contributed by atoms with E-state index in [4.69, 9.17) is 4.74 Å². The molecule has 23 heavy (non-hydrogen) atoms. The van der Waals surface area contributed by atoms with E-state index in [2.05, 4.69) is 10.6 Å². The maximum Gasteiger partial charge on any atom is 0.340 e. The van der Waals surface area contributed by atoms with E-state index in [0.717, 1.165) is 17.7 Å². The van der Waals surface area contributed by atoms with E-state index in [0.29, 0.717) is 11.3 Å². The van der Waals surface area contributed by atoms with Gasteiger partial charge in [-0.15, -0.1) is 0 Å². The lowest BCUT2D eigenvalue weighted by Crippen LogP contribution is -2.21. The Morgan fingerprint density at radius 1 is 1.00 bits per heavy atom. The van der Waals surface area contributed by atoms with Gasteiger partial charge < -0.3 is 15.4 Å². The fraction of sp³-hybridized carbons (Fsp3) is 0.222. The molecule has 0 heterocycles. The van der Waals surface area contributed by atoms with Crippen LogP contribution in [0.1, 0.15) is 22.8 Å². The molecule has 2 aromatic rings. The Morgan fingerprint density at radius 3 is 2.35 bits per heavy atom. The van der Waals surface area contributed by atoms with Gasteiger partial charge in [0.25, 0.3) is 5.91 Å². The molecule has 0 fully saturated rings. The monoisotopic (exact) mass is 312 g/mol. The predicted molar refractivity (Wildman–Crippen MR) is 90.7 cm³/mol. The first kappa shape index (κ1) is 16.5. The molecule has 0 radical (unpaired) electrons. The van der Waals surface area contributed by atoms with E-state index in [1.807, 2.05) is 37.3 Å². The first-order chi connectivity index (χ1) is 11.2.